The van der Waals surface area contributed by atoms with E-state index in [0.717, 1.165) is 6.26 Å². The molecule has 9 heteroatoms. The average Bonchev–Trinajstić information content (AvgIpc) is 2.19. The molecule has 0 aromatic rings. The Labute approximate surface area is 107 Å². The first kappa shape index (κ1) is 16.8. The highest BCUT2D eigenvalue weighted by atomic mass is 32.2. The summed E-state index contributed by atoms with van der Waals surface area (Å²) in [4.78, 5) is 22.5. The van der Waals surface area contributed by atoms with Gasteiger partial charge in [-0.3, -0.25) is 9.59 Å². The average molecular weight is 280 g/mol. The molecule has 0 saturated carbocycles. The van der Waals surface area contributed by atoms with Crippen LogP contribution in [0.3, 0.4) is 0 Å². The molecule has 0 atom stereocenters. The van der Waals surface area contributed by atoms with Gasteiger partial charge >= 0.3 is 11.8 Å². The largest absolute Gasteiger partial charge is 0.347 e. The Morgan fingerprint density at radius 2 is 1.67 bits per heavy atom. The van der Waals surface area contributed by atoms with Crippen molar-refractivity contribution in [3.8, 4) is 0 Å². The molecule has 0 rings (SSSR count). The summed E-state index contributed by atoms with van der Waals surface area (Å²) in [6.07, 6.45) is 1.02. The summed E-state index contributed by atoms with van der Waals surface area (Å²) in [6.45, 7) is 3.62. The molecule has 5 N–H and O–H groups in total. The maximum Gasteiger partial charge on any atom is 0.309 e. The van der Waals surface area contributed by atoms with Crippen molar-refractivity contribution in [3.63, 3.8) is 0 Å². The Hall–Kier alpha value is -1.19. The van der Waals surface area contributed by atoms with Gasteiger partial charge in [0.1, 0.15) is 0 Å². The van der Waals surface area contributed by atoms with E-state index in [1.54, 1.807) is 13.8 Å². The molecular weight excluding hydrogens is 260 g/mol. The monoisotopic (exact) mass is 280 g/mol. The van der Waals surface area contributed by atoms with Gasteiger partial charge in [-0.25, -0.2) is 13.1 Å². The van der Waals surface area contributed by atoms with Crippen molar-refractivity contribution in [1.29, 1.82) is 0 Å². The van der Waals surface area contributed by atoms with Gasteiger partial charge in [0.2, 0.25) is 10.0 Å². The highest BCUT2D eigenvalue weighted by Gasteiger charge is 2.24. The Bertz CT molecular complexity index is 405. The van der Waals surface area contributed by atoms with Crippen molar-refractivity contribution in [2.75, 3.05) is 25.9 Å². The molecule has 0 aromatic carbocycles. The molecule has 0 aliphatic rings. The van der Waals surface area contributed by atoms with Gasteiger partial charge in [0, 0.05) is 25.2 Å². The van der Waals surface area contributed by atoms with Crippen LogP contribution in [-0.4, -0.2) is 51.7 Å². The maximum absolute atomic E-state index is 11.3. The summed E-state index contributed by atoms with van der Waals surface area (Å²) in [5.41, 5.74) is 4.29. The van der Waals surface area contributed by atoms with Gasteiger partial charge in [-0.2, -0.15) is 0 Å². The number of sulfonamides is 1. The Kier molecular flexibility index (Phi) is 6.22. The van der Waals surface area contributed by atoms with Crippen LogP contribution in [0.1, 0.15) is 13.8 Å². The van der Waals surface area contributed by atoms with Crippen LogP contribution in [0.2, 0.25) is 0 Å². The summed E-state index contributed by atoms with van der Waals surface area (Å²) in [7, 11) is -3.38. The number of hydrogen-bond donors (Lipinski definition) is 4. The van der Waals surface area contributed by atoms with E-state index in [-0.39, 0.29) is 19.6 Å². The first-order chi connectivity index (χ1) is 8.07. The van der Waals surface area contributed by atoms with Crippen molar-refractivity contribution in [1.82, 2.24) is 15.4 Å². The zero-order valence-corrected chi connectivity index (χ0v) is 11.6. The van der Waals surface area contributed by atoms with Crippen molar-refractivity contribution < 1.29 is 18.0 Å². The lowest BCUT2D eigenvalue weighted by atomic mass is 10.1. The standard InChI is InChI=1S/C9H20N4O4S/c1-9(2,13-18(3,16)17)6-12-8(15)7(14)11-5-4-10/h13H,4-6,10H2,1-3H3,(H,11,14)(H,12,15). The Balaban J connectivity index is 4.23. The van der Waals surface area contributed by atoms with E-state index in [0.29, 0.717) is 0 Å². The quantitative estimate of drug-likeness (QED) is 0.400. The molecule has 2 amide bonds. The van der Waals surface area contributed by atoms with Crippen LogP contribution >= 0.6 is 0 Å². The minimum Gasteiger partial charge on any atom is -0.347 e. The van der Waals surface area contributed by atoms with Crippen molar-refractivity contribution in [3.05, 3.63) is 0 Å². The lowest BCUT2D eigenvalue weighted by Crippen LogP contribution is -2.53. The molecule has 0 bridgehead atoms. The topological polar surface area (TPSA) is 130 Å². The summed E-state index contributed by atoms with van der Waals surface area (Å²) in [6, 6.07) is 0. The van der Waals surface area contributed by atoms with E-state index in [2.05, 4.69) is 15.4 Å². The van der Waals surface area contributed by atoms with Gasteiger partial charge in [0.15, 0.2) is 0 Å². The zero-order valence-electron chi connectivity index (χ0n) is 10.7. The molecule has 0 aliphatic carbocycles. The minimum atomic E-state index is -3.38. The van der Waals surface area contributed by atoms with Gasteiger partial charge in [-0.15, -0.1) is 0 Å². The summed E-state index contributed by atoms with van der Waals surface area (Å²) < 4.78 is 24.4. The van der Waals surface area contributed by atoms with E-state index in [1.807, 2.05) is 0 Å². The fraction of sp³-hybridized carbons (Fsp3) is 0.778. The van der Waals surface area contributed by atoms with E-state index >= 15 is 0 Å². The van der Waals surface area contributed by atoms with Crippen LogP contribution < -0.4 is 21.1 Å². The highest BCUT2D eigenvalue weighted by molar-refractivity contribution is 7.88. The summed E-state index contributed by atoms with van der Waals surface area (Å²) in [5, 5.41) is 4.64. The lowest BCUT2D eigenvalue weighted by Gasteiger charge is -2.25. The number of carbonyl (C=O) groups excluding carboxylic acids is 2. The number of nitrogens with two attached hydrogens (primary N) is 1. The molecule has 0 aliphatic heterocycles. The summed E-state index contributed by atoms with van der Waals surface area (Å²) >= 11 is 0. The first-order valence-corrected chi connectivity index (χ1v) is 7.21. The second kappa shape index (κ2) is 6.66. The lowest BCUT2D eigenvalue weighted by molar-refractivity contribution is -0.139. The SMILES string of the molecule is CC(C)(CNC(=O)C(=O)NCCN)NS(C)(=O)=O. The molecule has 0 aromatic heterocycles. The van der Waals surface area contributed by atoms with Crippen LogP contribution in [0.25, 0.3) is 0 Å². The van der Waals surface area contributed by atoms with E-state index in [1.165, 1.54) is 0 Å². The van der Waals surface area contributed by atoms with Crippen LogP contribution in [0.5, 0.6) is 0 Å². The normalized spacial score (nSPS) is 12.0. The van der Waals surface area contributed by atoms with Gasteiger partial charge in [0.25, 0.3) is 0 Å². The first-order valence-electron chi connectivity index (χ1n) is 5.32. The molecule has 0 radical (unpaired) electrons. The number of rotatable bonds is 6. The molecule has 0 unspecified atom stereocenters. The third kappa shape index (κ3) is 7.98. The molecule has 0 saturated heterocycles. The summed E-state index contributed by atoms with van der Waals surface area (Å²) in [5.74, 6) is -1.62. The molecule has 0 spiro atoms. The van der Waals surface area contributed by atoms with Gasteiger partial charge in [-0.1, -0.05) is 0 Å². The molecular formula is C9H20N4O4S. The highest BCUT2D eigenvalue weighted by Crippen LogP contribution is 2.01. The third-order valence-electron chi connectivity index (χ3n) is 1.79. The molecule has 8 nitrogen and oxygen atoms in total. The number of amides is 2. The van der Waals surface area contributed by atoms with E-state index in [4.69, 9.17) is 5.73 Å². The van der Waals surface area contributed by atoms with Crippen LogP contribution in [-0.2, 0) is 19.6 Å². The molecule has 0 heterocycles. The van der Waals surface area contributed by atoms with Crippen LogP contribution in [0.4, 0.5) is 0 Å². The van der Waals surface area contributed by atoms with Gasteiger partial charge < -0.3 is 16.4 Å². The van der Waals surface area contributed by atoms with Gasteiger partial charge in [-0.05, 0) is 13.8 Å². The maximum atomic E-state index is 11.3. The number of nitrogens with one attached hydrogen (secondary N) is 3. The van der Waals surface area contributed by atoms with E-state index < -0.39 is 27.4 Å². The van der Waals surface area contributed by atoms with Crippen molar-refractivity contribution in [2.45, 2.75) is 19.4 Å². The number of carbonyl (C=O) groups is 2. The van der Waals surface area contributed by atoms with Crippen molar-refractivity contribution in [2.24, 2.45) is 5.73 Å². The Morgan fingerprint density at radius 3 is 2.11 bits per heavy atom. The second-order valence-electron chi connectivity index (χ2n) is 4.49. The fourth-order valence-electron chi connectivity index (χ4n) is 1.19. The van der Waals surface area contributed by atoms with Crippen LogP contribution in [0, 0.1) is 0 Å². The number of hydrogen-bond acceptors (Lipinski definition) is 5. The van der Waals surface area contributed by atoms with E-state index in [9.17, 15) is 18.0 Å². The smallest absolute Gasteiger partial charge is 0.309 e. The Morgan fingerprint density at radius 1 is 1.17 bits per heavy atom. The molecule has 0 fully saturated rings. The zero-order chi connectivity index (χ0) is 14.4. The molecule has 18 heavy (non-hydrogen) atoms. The predicted octanol–water partition coefficient (Wildman–Crippen LogP) is -2.49. The minimum absolute atomic E-state index is 0.00501. The van der Waals surface area contributed by atoms with Crippen LogP contribution in [0.15, 0.2) is 0 Å². The van der Waals surface area contributed by atoms with Crippen molar-refractivity contribution >= 4 is 21.8 Å². The second-order valence-corrected chi connectivity index (χ2v) is 6.23. The third-order valence-corrected chi connectivity index (χ3v) is 2.71. The molecule has 106 valence electrons. The van der Waals surface area contributed by atoms with Gasteiger partial charge in [0.05, 0.1) is 6.26 Å². The fourth-order valence-corrected chi connectivity index (χ4v) is 2.26. The predicted molar refractivity (Wildman–Crippen MR) is 67.1 cm³/mol.